The van der Waals surface area contributed by atoms with Crippen molar-refractivity contribution >= 4 is 5.91 Å². The van der Waals surface area contributed by atoms with E-state index in [2.05, 4.69) is 5.32 Å². The summed E-state index contributed by atoms with van der Waals surface area (Å²) in [5.41, 5.74) is 0.0106. The fourth-order valence-corrected chi connectivity index (χ4v) is 2.32. The van der Waals surface area contributed by atoms with Gasteiger partial charge in [0.2, 0.25) is 0 Å². The molecule has 1 N–H and O–H groups in total. The second kappa shape index (κ2) is 6.09. The standard InChI is InChI=1S/C14H19FN2O3/c1-9-8-16-4-5-17(9)14(18)10-6-12(19-2)13(20-3)7-11(10)15/h6-7,9,16H,4-5,8H2,1-3H3. The fraction of sp³-hybridized carbons (Fsp3) is 0.500. The van der Waals surface area contributed by atoms with Crippen LogP contribution in [0, 0.1) is 5.82 Å². The quantitative estimate of drug-likeness (QED) is 0.907. The Labute approximate surface area is 117 Å². The minimum atomic E-state index is -0.599. The molecule has 1 fully saturated rings. The van der Waals surface area contributed by atoms with E-state index in [1.807, 2.05) is 6.92 Å². The predicted octanol–water partition coefficient (Wildman–Crippen LogP) is 1.28. The van der Waals surface area contributed by atoms with Crippen LogP contribution >= 0.6 is 0 Å². The summed E-state index contributed by atoms with van der Waals surface area (Å²) in [4.78, 5) is 14.1. The molecular weight excluding hydrogens is 263 g/mol. The second-order valence-corrected chi connectivity index (χ2v) is 4.74. The number of carbonyl (C=O) groups is 1. The summed E-state index contributed by atoms with van der Waals surface area (Å²) >= 11 is 0. The number of nitrogens with zero attached hydrogens (tertiary/aromatic N) is 1. The number of halogens is 1. The molecule has 1 atom stereocenters. The van der Waals surface area contributed by atoms with Gasteiger partial charge in [0.05, 0.1) is 19.8 Å². The molecule has 1 aliphatic rings. The Morgan fingerprint density at radius 2 is 2.00 bits per heavy atom. The normalized spacial score (nSPS) is 18.8. The van der Waals surface area contributed by atoms with E-state index in [4.69, 9.17) is 9.47 Å². The smallest absolute Gasteiger partial charge is 0.257 e. The van der Waals surface area contributed by atoms with E-state index in [0.717, 1.165) is 0 Å². The monoisotopic (exact) mass is 282 g/mol. The van der Waals surface area contributed by atoms with Gasteiger partial charge in [0, 0.05) is 31.7 Å². The van der Waals surface area contributed by atoms with Crippen LogP contribution in [-0.4, -0.2) is 50.7 Å². The van der Waals surface area contributed by atoms with Gasteiger partial charge < -0.3 is 19.7 Å². The molecule has 2 rings (SSSR count). The molecule has 0 spiro atoms. The maximum atomic E-state index is 14.1. The number of rotatable bonds is 3. The number of nitrogens with one attached hydrogen (secondary N) is 1. The third kappa shape index (κ3) is 2.70. The van der Waals surface area contributed by atoms with Gasteiger partial charge in [0.1, 0.15) is 5.82 Å². The largest absolute Gasteiger partial charge is 0.493 e. The highest BCUT2D eigenvalue weighted by molar-refractivity contribution is 5.95. The van der Waals surface area contributed by atoms with Gasteiger partial charge in [-0.1, -0.05) is 0 Å². The molecule has 1 amide bonds. The minimum absolute atomic E-state index is 0.0106. The average Bonchev–Trinajstić information content (AvgIpc) is 2.46. The fourth-order valence-electron chi connectivity index (χ4n) is 2.32. The Kier molecular flexibility index (Phi) is 4.44. The van der Waals surface area contributed by atoms with Gasteiger partial charge in [-0.3, -0.25) is 4.79 Å². The van der Waals surface area contributed by atoms with E-state index < -0.39 is 5.82 Å². The molecule has 1 unspecified atom stereocenters. The van der Waals surface area contributed by atoms with Crippen LogP contribution < -0.4 is 14.8 Å². The van der Waals surface area contributed by atoms with E-state index in [-0.39, 0.29) is 23.3 Å². The number of benzene rings is 1. The van der Waals surface area contributed by atoms with E-state index >= 15 is 0 Å². The highest BCUT2D eigenvalue weighted by atomic mass is 19.1. The zero-order valence-electron chi connectivity index (χ0n) is 11.9. The van der Waals surface area contributed by atoms with Gasteiger partial charge in [-0.25, -0.2) is 4.39 Å². The summed E-state index contributed by atoms with van der Waals surface area (Å²) in [6.07, 6.45) is 0. The Balaban J connectivity index is 2.34. The third-order valence-electron chi connectivity index (χ3n) is 3.47. The molecular formula is C14H19FN2O3. The first-order chi connectivity index (χ1) is 9.58. The molecule has 0 bridgehead atoms. The first-order valence-electron chi connectivity index (χ1n) is 6.51. The highest BCUT2D eigenvalue weighted by Gasteiger charge is 2.27. The van der Waals surface area contributed by atoms with Crippen molar-refractivity contribution in [3.05, 3.63) is 23.5 Å². The maximum Gasteiger partial charge on any atom is 0.257 e. The van der Waals surface area contributed by atoms with Crippen LogP contribution in [0.2, 0.25) is 0 Å². The first-order valence-corrected chi connectivity index (χ1v) is 6.51. The Bertz CT molecular complexity index is 507. The number of amides is 1. The van der Waals surface area contributed by atoms with Gasteiger partial charge in [-0.05, 0) is 13.0 Å². The zero-order chi connectivity index (χ0) is 14.7. The van der Waals surface area contributed by atoms with Gasteiger partial charge in [-0.2, -0.15) is 0 Å². The molecule has 0 aliphatic carbocycles. The summed E-state index contributed by atoms with van der Waals surface area (Å²) in [6, 6.07) is 2.60. The summed E-state index contributed by atoms with van der Waals surface area (Å²) in [7, 11) is 2.88. The second-order valence-electron chi connectivity index (χ2n) is 4.74. The summed E-state index contributed by atoms with van der Waals surface area (Å²) < 4.78 is 24.2. The number of hydrogen-bond acceptors (Lipinski definition) is 4. The molecule has 6 heteroatoms. The topological polar surface area (TPSA) is 50.8 Å². The Morgan fingerprint density at radius 3 is 2.60 bits per heavy atom. The first kappa shape index (κ1) is 14.6. The van der Waals surface area contributed by atoms with Crippen LogP contribution in [0.4, 0.5) is 4.39 Å². The minimum Gasteiger partial charge on any atom is -0.493 e. The Hall–Kier alpha value is -1.82. The molecule has 1 aromatic carbocycles. The van der Waals surface area contributed by atoms with Crippen molar-refractivity contribution in [3.63, 3.8) is 0 Å². The predicted molar refractivity (Wildman–Crippen MR) is 72.9 cm³/mol. The van der Waals surface area contributed by atoms with Crippen molar-refractivity contribution in [2.45, 2.75) is 13.0 Å². The summed E-state index contributed by atoms with van der Waals surface area (Å²) in [5.74, 6) is -0.300. The van der Waals surface area contributed by atoms with Crippen LogP contribution in [0.15, 0.2) is 12.1 Å². The molecule has 0 radical (unpaired) electrons. The van der Waals surface area contributed by atoms with Crippen LogP contribution in [0.3, 0.4) is 0 Å². The average molecular weight is 282 g/mol. The van der Waals surface area contributed by atoms with Crippen LogP contribution in [-0.2, 0) is 0 Å². The molecule has 5 nitrogen and oxygen atoms in total. The number of ether oxygens (including phenoxy) is 2. The van der Waals surface area contributed by atoms with Crippen LogP contribution in [0.1, 0.15) is 17.3 Å². The third-order valence-corrected chi connectivity index (χ3v) is 3.47. The van der Waals surface area contributed by atoms with Gasteiger partial charge in [0.15, 0.2) is 11.5 Å². The molecule has 1 aliphatic heterocycles. The SMILES string of the molecule is COc1cc(F)c(C(=O)N2CCNCC2C)cc1OC. The lowest BCUT2D eigenvalue weighted by Crippen LogP contribution is -2.52. The lowest BCUT2D eigenvalue weighted by atomic mass is 10.1. The molecule has 110 valence electrons. The molecule has 1 saturated heterocycles. The van der Waals surface area contributed by atoms with Crippen molar-refractivity contribution in [1.82, 2.24) is 10.2 Å². The number of carbonyl (C=O) groups excluding carboxylic acids is 1. The van der Waals surface area contributed by atoms with E-state index in [9.17, 15) is 9.18 Å². The van der Waals surface area contributed by atoms with Gasteiger partial charge in [0.25, 0.3) is 5.91 Å². The van der Waals surface area contributed by atoms with E-state index in [1.165, 1.54) is 26.4 Å². The van der Waals surface area contributed by atoms with Gasteiger partial charge >= 0.3 is 0 Å². The van der Waals surface area contributed by atoms with E-state index in [1.54, 1.807) is 4.90 Å². The molecule has 0 saturated carbocycles. The van der Waals surface area contributed by atoms with Crippen molar-refractivity contribution in [3.8, 4) is 11.5 Å². The lowest BCUT2D eigenvalue weighted by Gasteiger charge is -2.34. The summed E-state index contributed by atoms with van der Waals surface area (Å²) in [5, 5.41) is 3.19. The highest BCUT2D eigenvalue weighted by Crippen LogP contribution is 2.30. The van der Waals surface area contributed by atoms with Crippen LogP contribution in [0.25, 0.3) is 0 Å². The Morgan fingerprint density at radius 1 is 1.35 bits per heavy atom. The lowest BCUT2D eigenvalue weighted by molar-refractivity contribution is 0.0650. The van der Waals surface area contributed by atoms with Crippen molar-refractivity contribution in [1.29, 1.82) is 0 Å². The molecule has 20 heavy (non-hydrogen) atoms. The van der Waals surface area contributed by atoms with Crippen molar-refractivity contribution in [2.24, 2.45) is 0 Å². The zero-order valence-corrected chi connectivity index (χ0v) is 11.9. The molecule has 1 aromatic rings. The van der Waals surface area contributed by atoms with Crippen LogP contribution in [0.5, 0.6) is 11.5 Å². The number of hydrogen-bond donors (Lipinski definition) is 1. The van der Waals surface area contributed by atoms with Gasteiger partial charge in [-0.15, -0.1) is 0 Å². The number of methoxy groups -OCH3 is 2. The van der Waals surface area contributed by atoms with Crippen molar-refractivity contribution < 1.29 is 18.7 Å². The van der Waals surface area contributed by atoms with E-state index in [0.29, 0.717) is 25.4 Å². The summed E-state index contributed by atoms with van der Waals surface area (Å²) in [6.45, 7) is 3.92. The maximum absolute atomic E-state index is 14.1. The molecule has 0 aromatic heterocycles. The molecule has 1 heterocycles. The number of piperazine rings is 1. The van der Waals surface area contributed by atoms with Crippen molar-refractivity contribution in [2.75, 3.05) is 33.9 Å².